The minimum atomic E-state index is -1.67. The molecule has 6 heteroatoms. The van der Waals surface area contributed by atoms with Gasteiger partial charge in [-0.1, -0.05) is 30.3 Å². The number of halogens is 1. The van der Waals surface area contributed by atoms with Crippen molar-refractivity contribution in [3.05, 3.63) is 58.6 Å². The largest absolute Gasteiger partial charge is 0.383 e. The van der Waals surface area contributed by atoms with Crippen LogP contribution < -0.4 is 11.4 Å². The lowest BCUT2D eigenvalue weighted by Crippen LogP contribution is -2.49. The molecule has 22 heavy (non-hydrogen) atoms. The molecule has 1 aromatic heterocycles. The molecule has 0 amide bonds. The van der Waals surface area contributed by atoms with Crippen molar-refractivity contribution >= 4 is 5.82 Å². The van der Waals surface area contributed by atoms with Crippen molar-refractivity contribution in [1.82, 2.24) is 9.55 Å². The molecule has 0 unspecified atom stereocenters. The summed E-state index contributed by atoms with van der Waals surface area (Å²) in [5.74, 6) is -1.46. The van der Waals surface area contributed by atoms with E-state index in [0.717, 1.165) is 10.1 Å². The monoisotopic (exact) mass is 303 g/mol. The smallest absolute Gasteiger partial charge is 0.352 e. The van der Waals surface area contributed by atoms with Gasteiger partial charge in [0, 0.05) is 19.0 Å². The van der Waals surface area contributed by atoms with E-state index in [1.165, 1.54) is 12.3 Å². The van der Waals surface area contributed by atoms with Crippen molar-refractivity contribution in [3.63, 3.8) is 0 Å². The van der Waals surface area contributed by atoms with Crippen LogP contribution in [0.2, 0.25) is 0 Å². The molecule has 0 aliphatic heterocycles. The van der Waals surface area contributed by atoms with Crippen LogP contribution in [-0.2, 0) is 17.1 Å². The first-order chi connectivity index (χ1) is 10.6. The lowest BCUT2D eigenvalue weighted by atomic mass is 9.78. The summed E-state index contributed by atoms with van der Waals surface area (Å²) < 4.78 is 21.3. The second kappa shape index (κ2) is 5.88. The van der Waals surface area contributed by atoms with Crippen LogP contribution in [0.4, 0.5) is 10.2 Å². The molecule has 0 saturated heterocycles. The summed E-state index contributed by atoms with van der Waals surface area (Å²) in [6, 6.07) is 11.3. The van der Waals surface area contributed by atoms with Gasteiger partial charge in [-0.05, 0) is 17.5 Å². The number of aromatic nitrogens is 2. The Kier molecular flexibility index (Phi) is 3.94. The van der Waals surface area contributed by atoms with Gasteiger partial charge >= 0.3 is 5.69 Å². The number of hydrogen-bond acceptors (Lipinski definition) is 4. The number of hydrogen-bond donors (Lipinski definition) is 1. The molecule has 0 radical (unpaired) electrons. The van der Waals surface area contributed by atoms with Crippen molar-refractivity contribution in [2.45, 2.75) is 25.2 Å². The molecule has 0 atom stereocenters. The lowest BCUT2D eigenvalue weighted by Gasteiger charge is -2.41. The maximum absolute atomic E-state index is 14.7. The van der Waals surface area contributed by atoms with Gasteiger partial charge in [0.25, 0.3) is 0 Å². The van der Waals surface area contributed by atoms with E-state index in [2.05, 4.69) is 4.98 Å². The number of nitrogens with zero attached hydrogens (tertiary/aromatic N) is 2. The molecule has 1 heterocycles. The number of anilines is 1. The number of alkyl halides is 1. The van der Waals surface area contributed by atoms with Crippen LogP contribution in [-0.4, -0.2) is 16.2 Å². The second-order valence-electron chi connectivity index (χ2n) is 5.70. The first kappa shape index (κ1) is 14.7. The van der Waals surface area contributed by atoms with Gasteiger partial charge < -0.3 is 10.5 Å². The molecule has 1 fully saturated rings. The lowest BCUT2D eigenvalue weighted by molar-refractivity contribution is -0.0973. The fourth-order valence-electron chi connectivity index (χ4n) is 2.78. The van der Waals surface area contributed by atoms with Gasteiger partial charge in [-0.15, -0.1) is 0 Å². The van der Waals surface area contributed by atoms with Gasteiger partial charge in [-0.3, -0.25) is 4.57 Å². The molecule has 5 nitrogen and oxygen atoms in total. The third-order valence-electron chi connectivity index (χ3n) is 3.92. The predicted molar refractivity (Wildman–Crippen MR) is 80.8 cm³/mol. The van der Waals surface area contributed by atoms with Crippen LogP contribution >= 0.6 is 0 Å². The first-order valence-corrected chi connectivity index (χ1v) is 7.23. The molecule has 0 spiro atoms. The molecule has 0 bridgehead atoms. The van der Waals surface area contributed by atoms with E-state index in [1.807, 2.05) is 30.3 Å². The molecule has 1 aliphatic carbocycles. The summed E-state index contributed by atoms with van der Waals surface area (Å²) in [5.41, 5.74) is 5.85. The van der Waals surface area contributed by atoms with Crippen LogP contribution in [0.5, 0.6) is 0 Å². The highest BCUT2D eigenvalue weighted by Gasteiger charge is 2.47. The van der Waals surface area contributed by atoms with Crippen molar-refractivity contribution < 1.29 is 9.13 Å². The molecule has 1 aliphatic rings. The quantitative estimate of drug-likeness (QED) is 0.918. The van der Waals surface area contributed by atoms with Gasteiger partial charge in [0.15, 0.2) is 5.79 Å². The Labute approximate surface area is 127 Å². The SMILES string of the molecule is Nc1ccn(C2(F)CC(COCc3ccccc3)C2)c(=O)n1. The van der Waals surface area contributed by atoms with Gasteiger partial charge in [0.1, 0.15) is 5.82 Å². The Bertz CT molecular complexity index is 696. The maximum atomic E-state index is 14.7. The van der Waals surface area contributed by atoms with E-state index in [0.29, 0.717) is 13.2 Å². The topological polar surface area (TPSA) is 70.1 Å². The fourth-order valence-corrected chi connectivity index (χ4v) is 2.78. The third-order valence-corrected chi connectivity index (χ3v) is 3.92. The molecule has 1 saturated carbocycles. The fraction of sp³-hybridized carbons (Fsp3) is 0.375. The van der Waals surface area contributed by atoms with E-state index >= 15 is 0 Å². The highest BCUT2D eigenvalue weighted by atomic mass is 19.1. The van der Waals surface area contributed by atoms with E-state index in [1.54, 1.807) is 0 Å². The van der Waals surface area contributed by atoms with Gasteiger partial charge in [0.2, 0.25) is 0 Å². The molecule has 3 rings (SSSR count). The Morgan fingerprint density at radius 3 is 2.73 bits per heavy atom. The van der Waals surface area contributed by atoms with Crippen molar-refractivity contribution in [3.8, 4) is 0 Å². The minimum Gasteiger partial charge on any atom is -0.383 e. The number of benzene rings is 1. The van der Waals surface area contributed by atoms with Crippen LogP contribution in [0.1, 0.15) is 18.4 Å². The highest BCUT2D eigenvalue weighted by Crippen LogP contribution is 2.44. The second-order valence-corrected chi connectivity index (χ2v) is 5.70. The summed E-state index contributed by atoms with van der Waals surface area (Å²) in [5, 5.41) is 0. The Hall–Kier alpha value is -2.21. The molecule has 116 valence electrons. The Morgan fingerprint density at radius 2 is 2.05 bits per heavy atom. The third kappa shape index (κ3) is 3.01. The average molecular weight is 303 g/mol. The van der Waals surface area contributed by atoms with Crippen LogP contribution in [0.3, 0.4) is 0 Å². The summed E-state index contributed by atoms with van der Waals surface area (Å²) in [6.45, 7) is 0.998. The Balaban J connectivity index is 1.52. The number of nitrogen functional groups attached to an aromatic ring is 1. The van der Waals surface area contributed by atoms with Gasteiger partial charge in [-0.2, -0.15) is 4.98 Å². The maximum Gasteiger partial charge on any atom is 0.352 e. The molecular formula is C16H18FN3O2. The van der Waals surface area contributed by atoms with Crippen molar-refractivity contribution in [1.29, 1.82) is 0 Å². The van der Waals surface area contributed by atoms with Gasteiger partial charge in [0.05, 0.1) is 13.2 Å². The van der Waals surface area contributed by atoms with Crippen LogP contribution in [0.25, 0.3) is 0 Å². The predicted octanol–water partition coefficient (Wildman–Crippen LogP) is 2.07. The van der Waals surface area contributed by atoms with E-state index < -0.39 is 11.5 Å². The van der Waals surface area contributed by atoms with E-state index in [4.69, 9.17) is 10.5 Å². The molecule has 2 N–H and O–H groups in total. The number of nitrogens with two attached hydrogens (primary N) is 1. The zero-order valence-electron chi connectivity index (χ0n) is 12.1. The molecule has 1 aromatic carbocycles. The van der Waals surface area contributed by atoms with E-state index in [-0.39, 0.29) is 24.6 Å². The van der Waals surface area contributed by atoms with Crippen LogP contribution in [0, 0.1) is 5.92 Å². The average Bonchev–Trinajstić information content (AvgIpc) is 2.46. The van der Waals surface area contributed by atoms with Gasteiger partial charge in [-0.25, -0.2) is 9.18 Å². The molecule has 2 aromatic rings. The summed E-state index contributed by atoms with van der Waals surface area (Å²) >= 11 is 0. The normalized spacial score (nSPS) is 24.0. The summed E-state index contributed by atoms with van der Waals surface area (Å²) in [6.07, 6.45) is 1.88. The number of rotatable bonds is 5. The Morgan fingerprint density at radius 1 is 1.32 bits per heavy atom. The summed E-state index contributed by atoms with van der Waals surface area (Å²) in [4.78, 5) is 15.2. The summed E-state index contributed by atoms with van der Waals surface area (Å²) in [7, 11) is 0. The van der Waals surface area contributed by atoms with Crippen LogP contribution in [0.15, 0.2) is 47.4 Å². The van der Waals surface area contributed by atoms with Crippen molar-refractivity contribution in [2.75, 3.05) is 12.3 Å². The minimum absolute atomic E-state index is 0.104. The highest BCUT2D eigenvalue weighted by molar-refractivity contribution is 5.24. The standard InChI is InChI=1S/C16H18FN3O2/c17-16(20-7-6-14(18)19-15(20)21)8-13(9-16)11-22-10-12-4-2-1-3-5-12/h1-7,13H,8-11H2,(H2,18,19,21). The zero-order valence-corrected chi connectivity index (χ0v) is 12.1. The zero-order chi connectivity index (χ0) is 15.6. The van der Waals surface area contributed by atoms with E-state index in [9.17, 15) is 9.18 Å². The first-order valence-electron chi connectivity index (χ1n) is 7.23. The molecular weight excluding hydrogens is 285 g/mol. The number of ether oxygens (including phenoxy) is 1. The van der Waals surface area contributed by atoms with Crippen molar-refractivity contribution in [2.24, 2.45) is 5.92 Å².